The number of amides is 1. The fourth-order valence-electron chi connectivity index (χ4n) is 3.29. The van der Waals surface area contributed by atoms with Crippen LogP contribution in [0.3, 0.4) is 0 Å². The molecule has 0 aliphatic carbocycles. The maximum atomic E-state index is 12.4. The molecule has 2 N–H and O–H groups in total. The highest BCUT2D eigenvalue weighted by Crippen LogP contribution is 2.32. The number of aryl methyl sites for hydroxylation is 2. The lowest BCUT2D eigenvalue weighted by Crippen LogP contribution is -2.34. The van der Waals surface area contributed by atoms with E-state index in [1.807, 2.05) is 26.0 Å². The van der Waals surface area contributed by atoms with E-state index in [1.54, 1.807) is 23.1 Å². The quantitative estimate of drug-likeness (QED) is 0.701. The number of anilines is 1. The molecule has 148 valence electrons. The number of piperidine rings is 1. The minimum absolute atomic E-state index is 0. The average Bonchev–Trinajstić information content (AvgIpc) is 3.03. The topological polar surface area (TPSA) is 66.9 Å². The summed E-state index contributed by atoms with van der Waals surface area (Å²) in [6.45, 7) is 8.31. The van der Waals surface area contributed by atoms with E-state index in [4.69, 9.17) is 0 Å². The Bertz CT molecular complexity index is 762. The molecule has 1 aromatic heterocycles. The van der Waals surface area contributed by atoms with Crippen LogP contribution in [0.4, 0.5) is 5.69 Å². The van der Waals surface area contributed by atoms with Crippen LogP contribution in [0.15, 0.2) is 27.4 Å². The van der Waals surface area contributed by atoms with Gasteiger partial charge in [0.15, 0.2) is 4.34 Å². The molecular weight excluding hydrogens is 400 g/mol. The highest BCUT2D eigenvalue weighted by Gasteiger charge is 2.22. The first-order chi connectivity index (χ1) is 12.5. The van der Waals surface area contributed by atoms with E-state index in [1.165, 1.54) is 12.8 Å². The molecule has 1 aliphatic heterocycles. The average molecular weight is 427 g/mol. The molecule has 8 heteroatoms. The maximum Gasteiger partial charge on any atom is 0.224 e. The molecular formula is C19H27ClN4OS2. The normalized spacial score (nSPS) is 17.8. The molecule has 0 bridgehead atoms. The Kier molecular flexibility index (Phi) is 8.54. The van der Waals surface area contributed by atoms with Gasteiger partial charge in [-0.2, -0.15) is 0 Å². The summed E-state index contributed by atoms with van der Waals surface area (Å²) in [7, 11) is 0. The third kappa shape index (κ3) is 6.45. The van der Waals surface area contributed by atoms with Crippen molar-refractivity contribution in [1.29, 1.82) is 0 Å². The fraction of sp³-hybridized carbons (Fsp3) is 0.526. The van der Waals surface area contributed by atoms with Crippen molar-refractivity contribution in [1.82, 2.24) is 15.5 Å². The summed E-state index contributed by atoms with van der Waals surface area (Å²) in [6.07, 6.45) is 3.01. The molecule has 1 amide bonds. The van der Waals surface area contributed by atoms with Gasteiger partial charge in [-0.25, -0.2) is 0 Å². The van der Waals surface area contributed by atoms with Crippen LogP contribution in [0.25, 0.3) is 0 Å². The first-order valence-corrected chi connectivity index (χ1v) is 10.7. The molecule has 2 aromatic rings. The van der Waals surface area contributed by atoms with Crippen LogP contribution in [0.5, 0.6) is 0 Å². The minimum atomic E-state index is 0. The van der Waals surface area contributed by atoms with Gasteiger partial charge in [-0.05, 0) is 75.4 Å². The van der Waals surface area contributed by atoms with Gasteiger partial charge in [0.25, 0.3) is 0 Å². The Labute approximate surface area is 175 Å². The number of nitrogens with zero attached hydrogens (tertiary/aromatic N) is 2. The standard InChI is InChI=1S/C19H26N4OS2.ClH/c1-12(15-5-4-8-20-11-15)10-18(24)21-17-7-6-16(9-13(17)2)26-19-23-22-14(3)25-19;/h6-7,9,12,15,20H,4-5,8,10-11H2,1-3H3,(H,21,24);1H. The number of hydrogen-bond donors (Lipinski definition) is 2. The van der Waals surface area contributed by atoms with Gasteiger partial charge >= 0.3 is 0 Å². The fourth-order valence-corrected chi connectivity index (χ4v) is 5.17. The molecule has 2 unspecified atom stereocenters. The Hall–Kier alpha value is -1.15. The summed E-state index contributed by atoms with van der Waals surface area (Å²) in [5, 5.41) is 15.7. The second kappa shape index (κ2) is 10.4. The van der Waals surface area contributed by atoms with Gasteiger partial charge in [0.1, 0.15) is 5.01 Å². The number of aromatic nitrogens is 2. The van der Waals surface area contributed by atoms with Gasteiger partial charge in [-0.1, -0.05) is 30.0 Å². The summed E-state index contributed by atoms with van der Waals surface area (Å²) in [5.74, 6) is 1.11. The molecule has 1 saturated heterocycles. The van der Waals surface area contributed by atoms with E-state index in [-0.39, 0.29) is 18.3 Å². The Balaban J connectivity index is 0.00000261. The van der Waals surface area contributed by atoms with E-state index in [9.17, 15) is 4.79 Å². The smallest absolute Gasteiger partial charge is 0.224 e. The van der Waals surface area contributed by atoms with Crippen LogP contribution in [0.2, 0.25) is 0 Å². The second-order valence-corrected chi connectivity index (χ2v) is 9.50. The summed E-state index contributed by atoms with van der Waals surface area (Å²) >= 11 is 3.19. The molecule has 0 saturated carbocycles. The summed E-state index contributed by atoms with van der Waals surface area (Å²) in [5.41, 5.74) is 1.96. The predicted molar refractivity (Wildman–Crippen MR) is 115 cm³/mol. The van der Waals surface area contributed by atoms with Crippen LogP contribution >= 0.6 is 35.5 Å². The monoisotopic (exact) mass is 426 g/mol. The Morgan fingerprint density at radius 2 is 2.22 bits per heavy atom. The van der Waals surface area contributed by atoms with Crippen molar-refractivity contribution in [3.05, 3.63) is 28.8 Å². The van der Waals surface area contributed by atoms with Crippen LogP contribution in [0, 0.1) is 25.7 Å². The van der Waals surface area contributed by atoms with Crippen LogP contribution < -0.4 is 10.6 Å². The predicted octanol–water partition coefficient (Wildman–Crippen LogP) is 4.69. The van der Waals surface area contributed by atoms with Crippen molar-refractivity contribution in [2.24, 2.45) is 11.8 Å². The van der Waals surface area contributed by atoms with E-state index >= 15 is 0 Å². The van der Waals surface area contributed by atoms with Crippen molar-refractivity contribution in [2.75, 3.05) is 18.4 Å². The highest BCUT2D eigenvalue weighted by atomic mass is 35.5. The molecule has 2 atom stereocenters. The van der Waals surface area contributed by atoms with Crippen molar-refractivity contribution < 1.29 is 4.79 Å². The largest absolute Gasteiger partial charge is 0.326 e. The summed E-state index contributed by atoms with van der Waals surface area (Å²) < 4.78 is 0.939. The zero-order chi connectivity index (χ0) is 18.5. The number of carbonyl (C=O) groups excluding carboxylic acids is 1. The zero-order valence-electron chi connectivity index (χ0n) is 15.9. The molecule has 1 aliphatic rings. The van der Waals surface area contributed by atoms with E-state index in [0.29, 0.717) is 18.3 Å². The molecule has 2 heterocycles. The molecule has 0 radical (unpaired) electrons. The van der Waals surface area contributed by atoms with Gasteiger partial charge in [0.05, 0.1) is 0 Å². The van der Waals surface area contributed by atoms with Crippen molar-refractivity contribution in [3.63, 3.8) is 0 Å². The number of nitrogens with one attached hydrogen (secondary N) is 2. The molecule has 3 rings (SSSR count). The SMILES string of the molecule is Cc1nnc(Sc2ccc(NC(=O)CC(C)C3CCCNC3)c(C)c2)s1.Cl. The number of hydrogen-bond acceptors (Lipinski definition) is 6. The van der Waals surface area contributed by atoms with Crippen molar-refractivity contribution >= 4 is 47.1 Å². The van der Waals surface area contributed by atoms with Gasteiger partial charge in [0, 0.05) is 17.0 Å². The van der Waals surface area contributed by atoms with Crippen LogP contribution in [-0.4, -0.2) is 29.2 Å². The van der Waals surface area contributed by atoms with E-state index < -0.39 is 0 Å². The molecule has 1 fully saturated rings. The Morgan fingerprint density at radius 1 is 1.41 bits per heavy atom. The molecule has 27 heavy (non-hydrogen) atoms. The van der Waals surface area contributed by atoms with Gasteiger partial charge in [-0.3, -0.25) is 4.79 Å². The molecule has 1 aromatic carbocycles. The number of halogens is 1. The number of rotatable bonds is 6. The Morgan fingerprint density at radius 3 is 2.85 bits per heavy atom. The third-order valence-corrected chi connectivity index (χ3v) is 6.71. The van der Waals surface area contributed by atoms with Crippen molar-refractivity contribution in [3.8, 4) is 0 Å². The summed E-state index contributed by atoms with van der Waals surface area (Å²) in [4.78, 5) is 13.6. The van der Waals surface area contributed by atoms with Crippen molar-refractivity contribution in [2.45, 2.75) is 49.3 Å². The molecule has 0 spiro atoms. The highest BCUT2D eigenvalue weighted by molar-refractivity contribution is 8.01. The number of benzene rings is 1. The second-order valence-electron chi connectivity index (χ2n) is 7.00. The van der Waals surface area contributed by atoms with Crippen LogP contribution in [-0.2, 0) is 4.79 Å². The van der Waals surface area contributed by atoms with Crippen LogP contribution in [0.1, 0.15) is 36.8 Å². The first-order valence-electron chi connectivity index (χ1n) is 9.10. The van der Waals surface area contributed by atoms with Gasteiger partial charge in [0.2, 0.25) is 5.91 Å². The van der Waals surface area contributed by atoms with Gasteiger partial charge < -0.3 is 10.6 Å². The lowest BCUT2D eigenvalue weighted by atomic mass is 9.85. The lowest BCUT2D eigenvalue weighted by Gasteiger charge is -2.28. The van der Waals surface area contributed by atoms with Gasteiger partial charge in [-0.15, -0.1) is 22.6 Å². The number of carbonyl (C=O) groups is 1. The molecule has 5 nitrogen and oxygen atoms in total. The minimum Gasteiger partial charge on any atom is -0.326 e. The van der Waals surface area contributed by atoms with E-state index in [2.05, 4.69) is 33.8 Å². The lowest BCUT2D eigenvalue weighted by molar-refractivity contribution is -0.117. The maximum absolute atomic E-state index is 12.4. The third-order valence-electron chi connectivity index (χ3n) is 4.83. The zero-order valence-corrected chi connectivity index (χ0v) is 18.4. The van der Waals surface area contributed by atoms with E-state index in [0.717, 1.165) is 38.6 Å². The summed E-state index contributed by atoms with van der Waals surface area (Å²) in [6, 6.07) is 6.10. The first kappa shape index (κ1) is 22.1.